The zero-order valence-electron chi connectivity index (χ0n) is 21.1. The number of hydrogen-bond acceptors (Lipinski definition) is 5. The van der Waals surface area contributed by atoms with Gasteiger partial charge in [0, 0.05) is 17.0 Å². The minimum absolute atomic E-state index is 0.000978. The number of rotatable bonds is 8. The van der Waals surface area contributed by atoms with Crippen LogP contribution in [0.15, 0.2) is 89.5 Å². The molecule has 1 heterocycles. The highest BCUT2D eigenvalue weighted by Gasteiger charge is 2.19. The molecule has 0 aliphatic heterocycles. The van der Waals surface area contributed by atoms with E-state index in [1.807, 2.05) is 72.8 Å². The van der Waals surface area contributed by atoms with E-state index in [9.17, 15) is 9.59 Å². The molecule has 0 aliphatic rings. The first-order chi connectivity index (χ1) is 18.9. The van der Waals surface area contributed by atoms with E-state index in [4.69, 9.17) is 26.0 Å². The Balaban J connectivity index is 1.30. The third kappa shape index (κ3) is 6.10. The highest BCUT2D eigenvalue weighted by atomic mass is 35.5. The number of carboxylic acid groups (broad SMARTS) is 1. The number of aryl methyl sites for hydroxylation is 1. The Morgan fingerprint density at radius 3 is 2.31 bits per heavy atom. The van der Waals surface area contributed by atoms with Crippen molar-refractivity contribution in [1.29, 1.82) is 0 Å². The summed E-state index contributed by atoms with van der Waals surface area (Å²) in [7, 11) is 0. The Hall–Kier alpha value is -4.62. The van der Waals surface area contributed by atoms with Gasteiger partial charge in [0.15, 0.2) is 5.76 Å². The van der Waals surface area contributed by atoms with E-state index in [-0.39, 0.29) is 13.0 Å². The van der Waals surface area contributed by atoms with Crippen molar-refractivity contribution >= 4 is 40.1 Å². The second-order valence-corrected chi connectivity index (χ2v) is 9.53. The van der Waals surface area contributed by atoms with Gasteiger partial charge in [-0.05, 0) is 58.1 Å². The second kappa shape index (κ2) is 11.4. The van der Waals surface area contributed by atoms with E-state index in [0.29, 0.717) is 28.6 Å². The van der Waals surface area contributed by atoms with Crippen LogP contribution < -0.4 is 5.32 Å². The fourth-order valence-corrected chi connectivity index (χ4v) is 4.59. The highest BCUT2D eigenvalue weighted by Crippen LogP contribution is 2.34. The number of amides is 1. The molecule has 8 heteroatoms. The third-order valence-corrected chi connectivity index (χ3v) is 6.77. The van der Waals surface area contributed by atoms with Gasteiger partial charge in [-0.1, -0.05) is 83.5 Å². The summed E-state index contributed by atoms with van der Waals surface area (Å²) in [5, 5.41) is 18.4. The van der Waals surface area contributed by atoms with Gasteiger partial charge in [-0.3, -0.25) is 10.1 Å². The zero-order chi connectivity index (χ0) is 27.4. The first kappa shape index (κ1) is 26.0. The molecule has 0 bridgehead atoms. The number of benzene rings is 4. The minimum Gasteiger partial charge on any atom is -0.481 e. The number of nitrogens with zero attached hydrogens (tertiary/aromatic N) is 1. The van der Waals surface area contributed by atoms with Gasteiger partial charge in [0.2, 0.25) is 0 Å². The Morgan fingerprint density at radius 2 is 1.59 bits per heavy atom. The second-order valence-electron chi connectivity index (χ2n) is 9.12. The lowest BCUT2D eigenvalue weighted by molar-refractivity contribution is -0.136. The Bertz CT molecular complexity index is 1660. The molecule has 0 saturated heterocycles. The van der Waals surface area contributed by atoms with E-state index in [2.05, 4.69) is 16.5 Å². The number of carbonyl (C=O) groups excluding carboxylic acids is 1. The monoisotopic (exact) mass is 540 g/mol. The first-order valence-electron chi connectivity index (χ1n) is 12.4. The molecule has 5 rings (SSSR count). The number of aliphatic carboxylic acids is 1. The lowest BCUT2D eigenvalue weighted by atomic mass is 9.98. The van der Waals surface area contributed by atoms with Crippen LogP contribution >= 0.6 is 11.6 Å². The van der Waals surface area contributed by atoms with E-state index < -0.39 is 12.1 Å². The van der Waals surface area contributed by atoms with E-state index >= 15 is 0 Å². The van der Waals surface area contributed by atoms with Gasteiger partial charge in [0.05, 0.1) is 13.0 Å². The molecule has 0 unspecified atom stereocenters. The molecular formula is C31H25ClN2O5. The Labute approximate surface area is 230 Å². The molecule has 39 heavy (non-hydrogen) atoms. The third-order valence-electron chi connectivity index (χ3n) is 6.40. The van der Waals surface area contributed by atoms with Crippen molar-refractivity contribution in [1.82, 2.24) is 5.16 Å². The molecule has 5 aromatic rings. The Morgan fingerprint density at radius 1 is 0.923 bits per heavy atom. The van der Waals surface area contributed by atoms with E-state index in [1.54, 1.807) is 13.0 Å². The maximum absolute atomic E-state index is 12.5. The van der Waals surface area contributed by atoms with Crippen molar-refractivity contribution in [2.75, 3.05) is 11.9 Å². The van der Waals surface area contributed by atoms with Crippen LogP contribution in [0.5, 0.6) is 0 Å². The highest BCUT2D eigenvalue weighted by molar-refractivity contribution is 6.31. The average molecular weight is 541 g/mol. The molecule has 0 fully saturated rings. The lowest BCUT2D eigenvalue weighted by Crippen LogP contribution is -2.16. The summed E-state index contributed by atoms with van der Waals surface area (Å²) in [6.45, 7) is 1.93. The van der Waals surface area contributed by atoms with Crippen LogP contribution in [0.25, 0.3) is 33.2 Å². The van der Waals surface area contributed by atoms with Crippen LogP contribution in [0.4, 0.5) is 10.5 Å². The van der Waals surface area contributed by atoms with E-state index in [0.717, 1.165) is 38.6 Å². The van der Waals surface area contributed by atoms with Gasteiger partial charge in [-0.2, -0.15) is 0 Å². The molecule has 0 saturated carbocycles. The summed E-state index contributed by atoms with van der Waals surface area (Å²) in [6.07, 6.45) is -0.102. The van der Waals surface area contributed by atoms with Crippen molar-refractivity contribution in [3.63, 3.8) is 0 Å². The maximum Gasteiger partial charge on any atom is 0.411 e. The minimum atomic E-state index is -0.852. The summed E-state index contributed by atoms with van der Waals surface area (Å²) < 4.78 is 10.9. The Kier molecular flexibility index (Phi) is 7.61. The number of halogens is 1. The number of carbonyl (C=O) groups is 2. The fourth-order valence-electron chi connectivity index (χ4n) is 4.36. The van der Waals surface area contributed by atoms with Gasteiger partial charge in [0.25, 0.3) is 0 Å². The standard InChI is InChI=1S/C31H25ClN2O5/c1-19-29(33-31(37)38-15-14-22-4-2-3-5-27(22)32)30(39-34-19)26-13-12-24-17-23(10-11-25(24)18-26)21-8-6-20(7-9-21)16-28(35)36/h2-13,17-18H,14-16H2,1H3,(H,33,37)(H,35,36). The molecule has 4 aromatic carbocycles. The van der Waals surface area contributed by atoms with Crippen molar-refractivity contribution < 1.29 is 24.0 Å². The molecular weight excluding hydrogens is 516 g/mol. The van der Waals surface area contributed by atoms with Crippen molar-refractivity contribution in [2.24, 2.45) is 0 Å². The lowest BCUT2D eigenvalue weighted by Gasteiger charge is -2.09. The summed E-state index contributed by atoms with van der Waals surface area (Å²) in [5.41, 5.74) is 5.44. The SMILES string of the molecule is Cc1noc(-c2ccc3cc(-c4ccc(CC(=O)O)cc4)ccc3c2)c1NC(=O)OCCc1ccccc1Cl. The molecule has 196 valence electrons. The smallest absolute Gasteiger partial charge is 0.411 e. The molecule has 0 atom stereocenters. The normalized spacial score (nSPS) is 10.9. The van der Waals surface area contributed by atoms with E-state index in [1.165, 1.54) is 0 Å². The number of anilines is 1. The molecule has 1 aromatic heterocycles. The molecule has 2 N–H and O–H groups in total. The largest absolute Gasteiger partial charge is 0.481 e. The van der Waals surface area contributed by atoms with Gasteiger partial charge in [-0.15, -0.1) is 0 Å². The molecule has 0 radical (unpaired) electrons. The molecule has 7 nitrogen and oxygen atoms in total. The predicted molar refractivity (Wildman–Crippen MR) is 151 cm³/mol. The summed E-state index contributed by atoms with van der Waals surface area (Å²) in [4.78, 5) is 23.4. The molecule has 0 spiro atoms. The van der Waals surface area contributed by atoms with Crippen molar-refractivity contribution in [3.8, 4) is 22.5 Å². The van der Waals surface area contributed by atoms with Crippen molar-refractivity contribution in [3.05, 3.63) is 107 Å². The number of fused-ring (bicyclic) bond motifs is 1. The number of carboxylic acids is 1. The summed E-state index contributed by atoms with van der Waals surface area (Å²) >= 11 is 6.17. The van der Waals surface area contributed by atoms with Crippen LogP contribution in [0.2, 0.25) is 5.02 Å². The summed E-state index contributed by atoms with van der Waals surface area (Å²) in [6, 6.07) is 26.9. The number of ether oxygens (including phenoxy) is 1. The zero-order valence-corrected chi connectivity index (χ0v) is 21.9. The van der Waals surface area contributed by atoms with Gasteiger partial charge < -0.3 is 14.4 Å². The van der Waals surface area contributed by atoms with Gasteiger partial charge >= 0.3 is 12.1 Å². The number of aromatic nitrogens is 1. The predicted octanol–water partition coefficient (Wildman–Crippen LogP) is 7.54. The van der Waals surface area contributed by atoms with Crippen LogP contribution in [0, 0.1) is 6.92 Å². The van der Waals surface area contributed by atoms with Crippen molar-refractivity contribution in [2.45, 2.75) is 19.8 Å². The van der Waals surface area contributed by atoms with Crippen LogP contribution in [-0.4, -0.2) is 28.9 Å². The summed E-state index contributed by atoms with van der Waals surface area (Å²) in [5.74, 6) is -0.412. The number of nitrogens with one attached hydrogen (secondary N) is 1. The number of hydrogen-bond donors (Lipinski definition) is 2. The van der Waals surface area contributed by atoms with Crippen LogP contribution in [-0.2, 0) is 22.4 Å². The molecule has 1 amide bonds. The van der Waals surface area contributed by atoms with Gasteiger partial charge in [0.1, 0.15) is 11.4 Å². The van der Waals surface area contributed by atoms with Gasteiger partial charge in [-0.25, -0.2) is 4.79 Å². The van der Waals surface area contributed by atoms with Crippen LogP contribution in [0.1, 0.15) is 16.8 Å². The fraction of sp³-hybridized carbons (Fsp3) is 0.129. The van der Waals surface area contributed by atoms with Crippen LogP contribution in [0.3, 0.4) is 0 Å². The maximum atomic E-state index is 12.5. The molecule has 0 aliphatic carbocycles. The topological polar surface area (TPSA) is 102 Å². The first-order valence-corrected chi connectivity index (χ1v) is 12.7. The average Bonchev–Trinajstić information content (AvgIpc) is 3.29. The quantitative estimate of drug-likeness (QED) is 0.211.